The zero-order chi connectivity index (χ0) is 17.2. The third-order valence-corrected chi connectivity index (χ3v) is 4.75. The van der Waals surface area contributed by atoms with Crippen molar-refractivity contribution in [1.82, 2.24) is 15.0 Å². The Labute approximate surface area is 150 Å². The van der Waals surface area contributed by atoms with Crippen molar-refractivity contribution in [3.63, 3.8) is 0 Å². The summed E-state index contributed by atoms with van der Waals surface area (Å²) in [5.41, 5.74) is 1.80. The third-order valence-electron chi connectivity index (χ3n) is 4.39. The van der Waals surface area contributed by atoms with E-state index in [1.807, 2.05) is 54.6 Å². The first-order valence-electron chi connectivity index (χ1n) is 8.14. The molecule has 1 atom stereocenters. The molecular weight excluding hydrogens is 338 g/mol. The smallest absolute Gasteiger partial charge is 0.249 e. The summed E-state index contributed by atoms with van der Waals surface area (Å²) in [5.74, 6) is 1.08. The summed E-state index contributed by atoms with van der Waals surface area (Å²) in [6.07, 6.45) is 1.14. The summed E-state index contributed by atoms with van der Waals surface area (Å²) >= 11 is 6.24. The Hall–Kier alpha value is -2.66. The molecule has 5 nitrogen and oxygen atoms in total. The molecule has 2 aromatic carbocycles. The van der Waals surface area contributed by atoms with Gasteiger partial charge >= 0.3 is 0 Å². The van der Waals surface area contributed by atoms with Crippen molar-refractivity contribution in [3.05, 3.63) is 71.1 Å². The van der Waals surface area contributed by atoms with Gasteiger partial charge in [-0.15, -0.1) is 0 Å². The van der Waals surface area contributed by atoms with E-state index in [0.29, 0.717) is 36.1 Å². The van der Waals surface area contributed by atoms with Gasteiger partial charge in [0.2, 0.25) is 17.6 Å². The molecule has 0 bridgehead atoms. The van der Waals surface area contributed by atoms with Gasteiger partial charge in [-0.05, 0) is 18.1 Å². The highest BCUT2D eigenvalue weighted by Crippen LogP contribution is 2.35. The maximum Gasteiger partial charge on any atom is 0.249 e. The summed E-state index contributed by atoms with van der Waals surface area (Å²) in [4.78, 5) is 18.6. The minimum atomic E-state index is -0.214. The van der Waals surface area contributed by atoms with Gasteiger partial charge in [-0.2, -0.15) is 4.98 Å². The number of carbonyl (C=O) groups is 1. The van der Waals surface area contributed by atoms with Crippen molar-refractivity contribution in [3.8, 4) is 11.4 Å². The molecule has 1 saturated heterocycles. The lowest BCUT2D eigenvalue weighted by Gasteiger charge is -2.22. The Kier molecular flexibility index (Phi) is 4.24. The van der Waals surface area contributed by atoms with Crippen molar-refractivity contribution < 1.29 is 9.32 Å². The largest absolute Gasteiger partial charge is 0.337 e. The van der Waals surface area contributed by atoms with Gasteiger partial charge in [-0.3, -0.25) is 4.79 Å². The zero-order valence-corrected chi connectivity index (χ0v) is 14.2. The Morgan fingerprint density at radius 3 is 2.68 bits per heavy atom. The summed E-state index contributed by atoms with van der Waals surface area (Å²) in [7, 11) is 0. The van der Waals surface area contributed by atoms with Gasteiger partial charge in [0.05, 0.1) is 0 Å². The quantitative estimate of drug-likeness (QED) is 0.703. The molecular formula is C19H16ClN3O2. The van der Waals surface area contributed by atoms with Crippen LogP contribution < -0.4 is 0 Å². The fraction of sp³-hybridized carbons (Fsp3) is 0.211. The molecule has 1 fully saturated rings. The van der Waals surface area contributed by atoms with Crippen LogP contribution in [0.25, 0.3) is 11.4 Å². The second-order valence-corrected chi connectivity index (χ2v) is 6.40. The van der Waals surface area contributed by atoms with Gasteiger partial charge in [-0.1, -0.05) is 65.3 Å². The molecule has 3 aromatic rings. The van der Waals surface area contributed by atoms with Crippen molar-refractivity contribution >= 4 is 17.5 Å². The molecule has 6 heteroatoms. The predicted octanol–water partition coefficient (Wildman–Crippen LogP) is 4.25. The zero-order valence-electron chi connectivity index (χ0n) is 13.4. The molecule has 1 aliphatic rings. The standard InChI is InChI=1S/C19H16ClN3O2/c20-15-9-5-4-8-14(15)12-23-16(10-11-17(23)24)19-21-18(22-25-19)13-6-2-1-3-7-13/h1-9,16H,10-12H2. The van der Waals surface area contributed by atoms with Gasteiger partial charge < -0.3 is 9.42 Å². The van der Waals surface area contributed by atoms with Gasteiger partial charge in [-0.25, -0.2) is 0 Å². The van der Waals surface area contributed by atoms with Crippen LogP contribution in [-0.4, -0.2) is 20.9 Å². The molecule has 0 N–H and O–H groups in total. The molecule has 1 unspecified atom stereocenters. The Bertz CT molecular complexity index is 894. The molecule has 0 aliphatic carbocycles. The van der Waals surface area contributed by atoms with Crippen LogP contribution >= 0.6 is 11.6 Å². The number of likely N-dealkylation sites (tertiary alicyclic amines) is 1. The van der Waals surface area contributed by atoms with E-state index in [1.165, 1.54) is 0 Å². The Balaban J connectivity index is 1.60. The molecule has 126 valence electrons. The van der Waals surface area contributed by atoms with Gasteiger partial charge in [0.25, 0.3) is 0 Å². The van der Waals surface area contributed by atoms with Crippen molar-refractivity contribution in [2.75, 3.05) is 0 Å². The van der Waals surface area contributed by atoms with E-state index in [4.69, 9.17) is 16.1 Å². The second kappa shape index (κ2) is 6.69. The molecule has 4 rings (SSSR count). The average Bonchev–Trinajstić information content (AvgIpc) is 3.25. The molecule has 1 amide bonds. The number of aromatic nitrogens is 2. The fourth-order valence-electron chi connectivity index (χ4n) is 3.07. The maximum atomic E-state index is 12.3. The van der Waals surface area contributed by atoms with Crippen LogP contribution in [-0.2, 0) is 11.3 Å². The highest BCUT2D eigenvalue weighted by molar-refractivity contribution is 6.31. The number of halogens is 1. The number of hydrogen-bond donors (Lipinski definition) is 0. The van der Waals surface area contributed by atoms with Crippen LogP contribution in [0.3, 0.4) is 0 Å². The second-order valence-electron chi connectivity index (χ2n) is 5.99. The summed E-state index contributed by atoms with van der Waals surface area (Å²) < 4.78 is 5.46. The van der Waals surface area contributed by atoms with Crippen molar-refractivity contribution in [1.29, 1.82) is 0 Å². The number of benzene rings is 2. The minimum absolute atomic E-state index is 0.0735. The normalized spacial score (nSPS) is 17.2. The van der Waals surface area contributed by atoms with E-state index in [0.717, 1.165) is 11.1 Å². The average molecular weight is 354 g/mol. The number of hydrogen-bond acceptors (Lipinski definition) is 4. The lowest BCUT2D eigenvalue weighted by atomic mass is 10.1. The van der Waals surface area contributed by atoms with E-state index in [9.17, 15) is 4.79 Å². The van der Waals surface area contributed by atoms with Crippen LogP contribution in [0.1, 0.15) is 30.3 Å². The SMILES string of the molecule is O=C1CCC(c2nc(-c3ccccc3)no2)N1Cc1ccccc1Cl. The highest BCUT2D eigenvalue weighted by atomic mass is 35.5. The summed E-state index contributed by atoms with van der Waals surface area (Å²) in [6.45, 7) is 0.437. The first kappa shape index (κ1) is 15.8. The minimum Gasteiger partial charge on any atom is -0.337 e. The first-order chi connectivity index (χ1) is 12.2. The molecule has 0 spiro atoms. The molecule has 2 heterocycles. The van der Waals surface area contributed by atoms with Gasteiger partial charge in [0, 0.05) is 23.6 Å². The van der Waals surface area contributed by atoms with Gasteiger partial charge in [0.15, 0.2) is 0 Å². The first-order valence-corrected chi connectivity index (χ1v) is 8.52. The van der Waals surface area contributed by atoms with Gasteiger partial charge in [0.1, 0.15) is 6.04 Å². The monoisotopic (exact) mass is 353 g/mol. The summed E-state index contributed by atoms with van der Waals surface area (Å²) in [6, 6.07) is 17.0. The van der Waals surface area contributed by atoms with E-state index in [-0.39, 0.29) is 11.9 Å². The van der Waals surface area contributed by atoms with E-state index in [2.05, 4.69) is 10.1 Å². The fourth-order valence-corrected chi connectivity index (χ4v) is 3.27. The molecule has 1 aliphatic heterocycles. The van der Waals surface area contributed by atoms with Crippen molar-refractivity contribution in [2.45, 2.75) is 25.4 Å². The predicted molar refractivity (Wildman–Crippen MR) is 93.7 cm³/mol. The van der Waals surface area contributed by atoms with Crippen molar-refractivity contribution in [2.24, 2.45) is 0 Å². The lowest BCUT2D eigenvalue weighted by Crippen LogP contribution is -2.27. The number of nitrogens with zero attached hydrogens (tertiary/aromatic N) is 3. The molecule has 25 heavy (non-hydrogen) atoms. The Morgan fingerprint density at radius 1 is 1.12 bits per heavy atom. The summed E-state index contributed by atoms with van der Waals surface area (Å²) in [5, 5.41) is 4.71. The topological polar surface area (TPSA) is 59.2 Å². The van der Waals surface area contributed by atoms with Crippen LogP contribution in [0.2, 0.25) is 5.02 Å². The van der Waals surface area contributed by atoms with Crippen LogP contribution in [0, 0.1) is 0 Å². The van der Waals surface area contributed by atoms with Crippen LogP contribution in [0.15, 0.2) is 59.1 Å². The van der Waals surface area contributed by atoms with Crippen LogP contribution in [0.5, 0.6) is 0 Å². The Morgan fingerprint density at radius 2 is 1.88 bits per heavy atom. The number of amides is 1. The number of rotatable bonds is 4. The number of carbonyl (C=O) groups excluding carboxylic acids is 1. The lowest BCUT2D eigenvalue weighted by molar-refractivity contribution is -0.129. The van der Waals surface area contributed by atoms with E-state index in [1.54, 1.807) is 4.90 Å². The molecule has 0 saturated carbocycles. The van der Waals surface area contributed by atoms with E-state index < -0.39 is 0 Å². The molecule has 1 aromatic heterocycles. The third kappa shape index (κ3) is 3.15. The van der Waals surface area contributed by atoms with Crippen LogP contribution in [0.4, 0.5) is 0 Å². The highest BCUT2D eigenvalue weighted by Gasteiger charge is 2.36. The van der Waals surface area contributed by atoms with E-state index >= 15 is 0 Å². The molecule has 0 radical (unpaired) electrons. The maximum absolute atomic E-state index is 12.3.